The number of halogens is 1. The molecule has 3 atom stereocenters. The van der Waals surface area contributed by atoms with Gasteiger partial charge < -0.3 is 14.2 Å². The molecule has 4 heterocycles. The highest BCUT2D eigenvalue weighted by atomic mass is 19.1. The average Bonchev–Trinajstić information content (AvgIpc) is 2.99. The molecule has 1 unspecified atom stereocenters. The molecule has 0 aliphatic carbocycles. The highest BCUT2D eigenvalue weighted by molar-refractivity contribution is 5.89. The molecular weight excluding hydrogens is 507 g/mol. The van der Waals surface area contributed by atoms with Gasteiger partial charge in [0, 0.05) is 38.3 Å². The van der Waals surface area contributed by atoms with Crippen molar-refractivity contribution in [1.82, 2.24) is 19.4 Å². The maximum absolute atomic E-state index is 14.5. The predicted molar refractivity (Wildman–Crippen MR) is 153 cm³/mol. The lowest BCUT2D eigenvalue weighted by atomic mass is 9.93. The zero-order valence-corrected chi connectivity index (χ0v) is 23.2. The van der Waals surface area contributed by atoms with Gasteiger partial charge in [-0.05, 0) is 54.8 Å². The van der Waals surface area contributed by atoms with Gasteiger partial charge in [-0.25, -0.2) is 9.37 Å². The molecule has 0 amide bonds. The number of nitrogens with zero attached hydrogens (tertiary/aromatic N) is 6. The van der Waals surface area contributed by atoms with Crippen LogP contribution >= 0.6 is 0 Å². The number of ether oxygens (including phenoxy) is 1. The van der Waals surface area contributed by atoms with Crippen molar-refractivity contribution in [3.63, 3.8) is 0 Å². The Morgan fingerprint density at radius 1 is 1.10 bits per heavy atom. The Labute approximate surface area is 233 Å². The first-order chi connectivity index (χ1) is 19.4. The second-order valence-corrected chi connectivity index (χ2v) is 10.2. The Bertz CT molecular complexity index is 1610. The number of benzene rings is 1. The van der Waals surface area contributed by atoms with E-state index < -0.39 is 0 Å². The number of nitriles is 1. The molecule has 8 nitrogen and oxygen atoms in total. The fraction of sp³-hybridized carbons (Fsp3) is 0.355. The predicted octanol–water partition coefficient (Wildman–Crippen LogP) is 4.82. The molecule has 0 spiro atoms. The van der Waals surface area contributed by atoms with Crippen molar-refractivity contribution in [2.75, 3.05) is 25.1 Å². The van der Waals surface area contributed by atoms with Crippen molar-refractivity contribution in [2.45, 2.75) is 44.8 Å². The summed E-state index contributed by atoms with van der Waals surface area (Å²) in [7, 11) is 3.33. The largest absolute Gasteiger partial charge is 0.495 e. The van der Waals surface area contributed by atoms with Gasteiger partial charge in [0.1, 0.15) is 28.8 Å². The van der Waals surface area contributed by atoms with E-state index in [1.54, 1.807) is 55.3 Å². The van der Waals surface area contributed by atoms with Gasteiger partial charge in [-0.3, -0.25) is 14.7 Å². The smallest absolute Gasteiger partial charge is 0.252 e. The maximum Gasteiger partial charge on any atom is 0.252 e. The molecule has 1 aliphatic heterocycles. The third-order valence-corrected chi connectivity index (χ3v) is 7.95. The molecule has 1 aliphatic rings. The minimum atomic E-state index is -0.291. The summed E-state index contributed by atoms with van der Waals surface area (Å²) < 4.78 is 21.4. The van der Waals surface area contributed by atoms with E-state index in [0.717, 1.165) is 29.8 Å². The van der Waals surface area contributed by atoms with Crippen molar-refractivity contribution < 1.29 is 9.13 Å². The monoisotopic (exact) mass is 540 g/mol. The van der Waals surface area contributed by atoms with Gasteiger partial charge in [-0.15, -0.1) is 0 Å². The molecule has 206 valence electrons. The van der Waals surface area contributed by atoms with E-state index in [4.69, 9.17) is 9.72 Å². The average molecular weight is 541 g/mol. The van der Waals surface area contributed by atoms with Crippen LogP contribution in [-0.4, -0.2) is 51.7 Å². The van der Waals surface area contributed by atoms with Crippen LogP contribution in [0, 0.1) is 17.1 Å². The van der Waals surface area contributed by atoms with Crippen molar-refractivity contribution in [2.24, 2.45) is 7.05 Å². The summed E-state index contributed by atoms with van der Waals surface area (Å²) in [5, 5.41) is 9.52. The van der Waals surface area contributed by atoms with Gasteiger partial charge in [0.2, 0.25) is 0 Å². The number of hydrogen-bond donors (Lipinski definition) is 0. The summed E-state index contributed by atoms with van der Waals surface area (Å²) in [6, 6.07) is 17.6. The van der Waals surface area contributed by atoms with E-state index in [9.17, 15) is 14.4 Å². The van der Waals surface area contributed by atoms with Crippen LogP contribution in [0.3, 0.4) is 0 Å². The summed E-state index contributed by atoms with van der Waals surface area (Å²) >= 11 is 0. The first-order valence-corrected chi connectivity index (χ1v) is 13.6. The molecule has 9 heteroatoms. The summed E-state index contributed by atoms with van der Waals surface area (Å²) in [6.45, 7) is 5.57. The topological polar surface area (TPSA) is 87.3 Å². The van der Waals surface area contributed by atoms with Gasteiger partial charge >= 0.3 is 0 Å². The number of aromatic nitrogens is 3. The number of pyridine rings is 3. The quantitative estimate of drug-likeness (QED) is 0.332. The molecule has 5 rings (SSSR count). The molecule has 1 aromatic carbocycles. The van der Waals surface area contributed by atoms with E-state index in [1.807, 2.05) is 18.2 Å². The highest BCUT2D eigenvalue weighted by Gasteiger charge is 2.38. The van der Waals surface area contributed by atoms with Gasteiger partial charge in [0.25, 0.3) is 5.56 Å². The molecule has 0 N–H and O–H groups in total. The molecule has 0 saturated carbocycles. The Hall–Kier alpha value is -4.29. The number of anilines is 1. The third-order valence-electron chi connectivity index (χ3n) is 7.95. The van der Waals surface area contributed by atoms with E-state index in [-0.39, 0.29) is 29.5 Å². The molecular formula is C31H33FN6O2. The fourth-order valence-electron chi connectivity index (χ4n) is 5.77. The number of methoxy groups -OCH3 is 1. The van der Waals surface area contributed by atoms with E-state index >= 15 is 0 Å². The van der Waals surface area contributed by atoms with Crippen LogP contribution in [0.15, 0.2) is 65.6 Å². The lowest BCUT2D eigenvalue weighted by molar-refractivity contribution is 0.109. The Morgan fingerprint density at radius 3 is 2.55 bits per heavy atom. The summed E-state index contributed by atoms with van der Waals surface area (Å²) in [5.74, 6) is 0.368. The van der Waals surface area contributed by atoms with Crippen molar-refractivity contribution in [3.05, 3.63) is 93.9 Å². The lowest BCUT2D eigenvalue weighted by Gasteiger charge is -2.50. The number of hydrogen-bond acceptors (Lipinski definition) is 7. The first-order valence-electron chi connectivity index (χ1n) is 13.6. The van der Waals surface area contributed by atoms with Crippen LogP contribution in [0.4, 0.5) is 10.1 Å². The van der Waals surface area contributed by atoms with E-state index in [1.165, 1.54) is 6.07 Å². The molecule has 0 radical (unpaired) electrons. The lowest BCUT2D eigenvalue weighted by Crippen LogP contribution is -2.59. The summed E-state index contributed by atoms with van der Waals surface area (Å²) in [4.78, 5) is 27.0. The molecule has 40 heavy (non-hydrogen) atoms. The normalized spacial score (nSPS) is 18.4. The first kappa shape index (κ1) is 27.3. The Balaban J connectivity index is 1.61. The Morgan fingerprint density at radius 2 is 1.90 bits per heavy atom. The van der Waals surface area contributed by atoms with Crippen LogP contribution in [0.2, 0.25) is 0 Å². The van der Waals surface area contributed by atoms with Gasteiger partial charge in [0.05, 0.1) is 36.2 Å². The second-order valence-electron chi connectivity index (χ2n) is 10.2. The van der Waals surface area contributed by atoms with Crippen molar-refractivity contribution in [1.29, 1.82) is 5.26 Å². The maximum atomic E-state index is 14.5. The second kappa shape index (κ2) is 11.4. The number of piperazine rings is 1. The van der Waals surface area contributed by atoms with E-state index in [2.05, 4.69) is 34.7 Å². The zero-order valence-electron chi connectivity index (χ0n) is 23.2. The van der Waals surface area contributed by atoms with Crippen molar-refractivity contribution in [3.8, 4) is 11.8 Å². The van der Waals surface area contributed by atoms with Gasteiger partial charge in [0.15, 0.2) is 0 Å². The SMILES string of the molecule is CC[C@H]1CN(C(c2cccc(F)c2)c2ccc(OC)cn2)[C@H](CC)CN1c1cc(=O)n(C)c2ccc(C#N)nc12. The third kappa shape index (κ3) is 5.03. The molecule has 4 aromatic rings. The van der Waals surface area contributed by atoms with Crippen molar-refractivity contribution >= 4 is 16.7 Å². The van der Waals surface area contributed by atoms with Crippen LogP contribution in [-0.2, 0) is 7.05 Å². The number of aryl methyl sites for hydroxylation is 1. The molecule has 1 saturated heterocycles. The molecule has 1 fully saturated rings. The summed E-state index contributed by atoms with van der Waals surface area (Å²) in [6.07, 6.45) is 3.34. The van der Waals surface area contributed by atoms with Crippen LogP contribution in [0.5, 0.6) is 5.75 Å². The Kier molecular flexibility index (Phi) is 7.81. The van der Waals surface area contributed by atoms with Gasteiger partial charge in [-0.2, -0.15) is 5.26 Å². The molecule has 0 bridgehead atoms. The van der Waals surface area contributed by atoms with Crippen LogP contribution in [0.1, 0.15) is 49.7 Å². The molecule has 3 aromatic heterocycles. The minimum absolute atomic E-state index is 0.0416. The number of fused-ring (bicyclic) bond motifs is 1. The van der Waals surface area contributed by atoms with E-state index in [0.29, 0.717) is 35.6 Å². The minimum Gasteiger partial charge on any atom is -0.495 e. The number of rotatable bonds is 7. The summed E-state index contributed by atoms with van der Waals surface area (Å²) in [5.41, 5.74) is 3.90. The van der Waals surface area contributed by atoms with Crippen LogP contribution < -0.4 is 15.2 Å². The zero-order chi connectivity index (χ0) is 28.4. The fourth-order valence-corrected chi connectivity index (χ4v) is 5.77. The standard InChI is InChI=1S/C31H33FN6O2/c1-5-23-19-38(31(20-8-7-9-21(32)14-20)26-12-11-25(40-4)17-34-26)24(6-2)18-37(23)28-15-29(39)36(3)27-13-10-22(16-33)35-30(27)28/h7-15,17,23-24,31H,5-6,18-19H2,1-4H3/t23-,24+,31?/m0/s1. The highest BCUT2D eigenvalue weighted by Crippen LogP contribution is 2.37. The van der Waals surface area contributed by atoms with Crippen LogP contribution in [0.25, 0.3) is 11.0 Å². The van der Waals surface area contributed by atoms with Gasteiger partial charge in [-0.1, -0.05) is 26.0 Å².